The summed E-state index contributed by atoms with van der Waals surface area (Å²) in [5.74, 6) is 0. The van der Waals surface area contributed by atoms with E-state index in [0.29, 0.717) is 0 Å². The molecule has 9 aromatic rings. The zero-order valence-corrected chi connectivity index (χ0v) is 37.2. The average molecular weight is 843 g/mol. The summed E-state index contributed by atoms with van der Waals surface area (Å²) in [7, 11) is 0. The van der Waals surface area contributed by atoms with Crippen molar-refractivity contribution >= 4 is 38.9 Å². The molecule has 0 N–H and O–H groups in total. The molecular formula is C57H46N8. The number of rotatable bonds is 7. The Morgan fingerprint density at radius 1 is 0.354 bits per heavy atom. The SMILES string of the molecule is CC1(C)N=c2cccc(N(c3ccc(-c4ccccc4)c4c3=NC(C)(C)N=4)c3ccc(-c4ccc(-c5ccc6c7ccccc7n(-c7ccccc7)c6c5)cc4)c4c3=NC(C)(C)N=4)c2=N1. The number of nitrogens with zero attached hydrogens (tertiary/aromatic N) is 8. The summed E-state index contributed by atoms with van der Waals surface area (Å²) in [6.07, 6.45) is 0. The van der Waals surface area contributed by atoms with Crippen LogP contribution in [0.25, 0.3) is 60.9 Å². The molecule has 1 aromatic heterocycles. The van der Waals surface area contributed by atoms with E-state index in [0.717, 1.165) is 88.3 Å². The summed E-state index contributed by atoms with van der Waals surface area (Å²) in [5, 5.41) is 7.53. The third kappa shape index (κ3) is 6.42. The van der Waals surface area contributed by atoms with Crippen LogP contribution in [-0.4, -0.2) is 21.6 Å². The first kappa shape index (κ1) is 38.8. The van der Waals surface area contributed by atoms with Crippen LogP contribution in [-0.2, 0) is 0 Å². The van der Waals surface area contributed by atoms with Gasteiger partial charge in [-0.25, -0.2) is 0 Å². The lowest BCUT2D eigenvalue weighted by molar-refractivity contribution is 0.549. The fourth-order valence-corrected chi connectivity index (χ4v) is 9.91. The molecule has 0 unspecified atom stereocenters. The van der Waals surface area contributed by atoms with E-state index in [1.165, 1.54) is 21.8 Å². The van der Waals surface area contributed by atoms with Gasteiger partial charge in [-0.3, -0.25) is 30.0 Å². The van der Waals surface area contributed by atoms with Gasteiger partial charge in [-0.15, -0.1) is 0 Å². The fourth-order valence-electron chi connectivity index (χ4n) is 9.91. The Morgan fingerprint density at radius 2 is 0.846 bits per heavy atom. The number of para-hydroxylation sites is 3. The minimum atomic E-state index is -0.688. The van der Waals surface area contributed by atoms with Gasteiger partial charge < -0.3 is 9.47 Å². The van der Waals surface area contributed by atoms with Gasteiger partial charge in [0.05, 0.1) is 44.2 Å². The lowest BCUT2D eigenvalue weighted by Gasteiger charge is -2.26. The lowest BCUT2D eigenvalue weighted by atomic mass is 9.98. The molecule has 4 heterocycles. The second kappa shape index (κ2) is 14.1. The van der Waals surface area contributed by atoms with Crippen molar-refractivity contribution in [1.29, 1.82) is 0 Å². The maximum Gasteiger partial charge on any atom is 0.146 e. The first-order valence-electron chi connectivity index (χ1n) is 22.3. The zero-order valence-electron chi connectivity index (χ0n) is 37.2. The molecule has 0 saturated heterocycles. The number of benzene rings is 8. The summed E-state index contributed by atoms with van der Waals surface area (Å²) < 4.78 is 2.37. The standard InChI is InChI=1S/C57H46N8/c1-55(2)58-44-21-15-23-46(52(44)61-55)65(47-32-30-40(36-16-9-7-10-17-36)50-53(47)62-56(3,4)59-50)48-33-31-41(51-54(48)63-57(5,6)60-51)37-26-24-35(25-27-37)38-28-29-43-42-20-13-14-22-45(42)64(49(43)34-38)39-18-11-8-12-19-39/h7-34H,1-6H3. The quantitative estimate of drug-likeness (QED) is 0.157. The van der Waals surface area contributed by atoms with Crippen LogP contribution in [0.3, 0.4) is 0 Å². The molecule has 3 aliphatic heterocycles. The Balaban J connectivity index is 1.02. The van der Waals surface area contributed by atoms with Gasteiger partial charge in [0.15, 0.2) is 0 Å². The minimum absolute atomic E-state index is 0.601. The van der Waals surface area contributed by atoms with Crippen LogP contribution in [0, 0.1) is 0 Å². The number of fused-ring (bicyclic) bond motifs is 6. The Morgan fingerprint density at radius 3 is 1.51 bits per heavy atom. The van der Waals surface area contributed by atoms with E-state index in [-0.39, 0.29) is 0 Å². The molecule has 8 heteroatoms. The van der Waals surface area contributed by atoms with Gasteiger partial charge in [-0.05, 0) is 124 Å². The normalized spacial score (nSPS) is 15.7. The second-order valence-electron chi connectivity index (χ2n) is 18.7. The van der Waals surface area contributed by atoms with Crippen molar-refractivity contribution in [3.63, 3.8) is 0 Å². The van der Waals surface area contributed by atoms with Gasteiger partial charge in [0.2, 0.25) is 0 Å². The van der Waals surface area contributed by atoms with Crippen molar-refractivity contribution in [2.24, 2.45) is 30.0 Å². The van der Waals surface area contributed by atoms with Gasteiger partial charge in [-0.2, -0.15) is 0 Å². The zero-order chi connectivity index (χ0) is 44.2. The highest BCUT2D eigenvalue weighted by Crippen LogP contribution is 2.36. The van der Waals surface area contributed by atoms with E-state index >= 15 is 0 Å². The maximum absolute atomic E-state index is 5.38. The van der Waals surface area contributed by atoms with E-state index < -0.39 is 17.0 Å². The Labute approximate surface area is 376 Å². The molecule has 8 aromatic carbocycles. The van der Waals surface area contributed by atoms with Crippen LogP contribution in [0.1, 0.15) is 41.5 Å². The van der Waals surface area contributed by atoms with Crippen molar-refractivity contribution in [1.82, 2.24) is 4.57 Å². The van der Waals surface area contributed by atoms with Gasteiger partial charge >= 0.3 is 0 Å². The minimum Gasteiger partial charge on any atom is -0.309 e. The summed E-state index contributed by atoms with van der Waals surface area (Å²) >= 11 is 0. The van der Waals surface area contributed by atoms with E-state index in [1.54, 1.807) is 0 Å². The number of hydrogen-bond donors (Lipinski definition) is 0. The molecule has 0 amide bonds. The Bertz CT molecular complexity index is 3850. The maximum atomic E-state index is 5.38. The third-order valence-electron chi connectivity index (χ3n) is 12.6. The van der Waals surface area contributed by atoms with Gasteiger partial charge in [-0.1, -0.05) is 109 Å². The first-order valence-corrected chi connectivity index (χ1v) is 22.3. The van der Waals surface area contributed by atoms with Crippen LogP contribution in [0.2, 0.25) is 0 Å². The summed E-state index contributed by atoms with van der Waals surface area (Å²) in [4.78, 5) is 33.7. The molecule has 0 atom stereocenters. The lowest BCUT2D eigenvalue weighted by Crippen LogP contribution is -2.38. The van der Waals surface area contributed by atoms with Crippen LogP contribution >= 0.6 is 0 Å². The van der Waals surface area contributed by atoms with Gasteiger partial charge in [0, 0.05) is 27.6 Å². The van der Waals surface area contributed by atoms with Crippen molar-refractivity contribution in [2.45, 2.75) is 58.5 Å². The van der Waals surface area contributed by atoms with E-state index in [4.69, 9.17) is 30.0 Å². The van der Waals surface area contributed by atoms with Gasteiger partial charge in [0.25, 0.3) is 0 Å². The van der Waals surface area contributed by atoms with E-state index in [2.05, 4.69) is 195 Å². The van der Waals surface area contributed by atoms with Crippen LogP contribution in [0.5, 0.6) is 0 Å². The molecule has 0 spiro atoms. The number of hydrogen-bond acceptors (Lipinski definition) is 7. The fraction of sp³-hybridized carbons (Fsp3) is 0.158. The molecule has 0 aliphatic carbocycles. The van der Waals surface area contributed by atoms with Crippen LogP contribution in [0.4, 0.5) is 17.1 Å². The second-order valence-corrected chi connectivity index (χ2v) is 18.7. The number of aromatic nitrogens is 1. The highest BCUT2D eigenvalue weighted by atomic mass is 15.2. The molecule has 0 saturated carbocycles. The Hall–Kier alpha value is -7.84. The molecule has 0 radical (unpaired) electrons. The Kier molecular flexibility index (Phi) is 8.41. The highest BCUT2D eigenvalue weighted by Gasteiger charge is 2.31. The third-order valence-corrected chi connectivity index (χ3v) is 12.6. The molecule has 8 nitrogen and oxygen atoms in total. The molecule has 314 valence electrons. The molecule has 0 bridgehead atoms. The highest BCUT2D eigenvalue weighted by molar-refractivity contribution is 6.10. The van der Waals surface area contributed by atoms with Crippen LogP contribution in [0.15, 0.2) is 200 Å². The predicted molar refractivity (Wildman–Crippen MR) is 261 cm³/mol. The van der Waals surface area contributed by atoms with Crippen LogP contribution < -0.4 is 37.0 Å². The van der Waals surface area contributed by atoms with E-state index in [9.17, 15) is 0 Å². The van der Waals surface area contributed by atoms with E-state index in [1.807, 2.05) is 26.0 Å². The first-order chi connectivity index (χ1) is 31.4. The molecule has 12 rings (SSSR count). The molecule has 65 heavy (non-hydrogen) atoms. The topological polar surface area (TPSA) is 82.3 Å². The smallest absolute Gasteiger partial charge is 0.146 e. The molecule has 0 fully saturated rings. The predicted octanol–water partition coefficient (Wildman–Crippen LogP) is 10.2. The molecule has 3 aliphatic rings. The molecular weight excluding hydrogens is 797 g/mol. The van der Waals surface area contributed by atoms with Crippen molar-refractivity contribution in [3.05, 3.63) is 202 Å². The van der Waals surface area contributed by atoms with Crippen molar-refractivity contribution in [2.75, 3.05) is 4.90 Å². The monoisotopic (exact) mass is 842 g/mol. The van der Waals surface area contributed by atoms with Crippen molar-refractivity contribution < 1.29 is 0 Å². The number of anilines is 3. The average Bonchev–Trinajstić information content (AvgIpc) is 4.03. The van der Waals surface area contributed by atoms with Gasteiger partial charge in [0.1, 0.15) is 33.1 Å². The summed E-state index contributed by atoms with van der Waals surface area (Å²) in [5.41, 5.74) is 10.8. The largest absolute Gasteiger partial charge is 0.309 e. The summed E-state index contributed by atoms with van der Waals surface area (Å²) in [6, 6.07) is 60.3. The summed E-state index contributed by atoms with van der Waals surface area (Å²) in [6.45, 7) is 12.3. The van der Waals surface area contributed by atoms with Crippen molar-refractivity contribution in [3.8, 4) is 39.1 Å².